The molecule has 2 aliphatic rings. The fourth-order valence-corrected chi connectivity index (χ4v) is 6.01. The summed E-state index contributed by atoms with van der Waals surface area (Å²) in [5.74, 6) is 1.40. The van der Waals surface area contributed by atoms with Gasteiger partial charge in [0.1, 0.15) is 13.2 Å². The van der Waals surface area contributed by atoms with Gasteiger partial charge in [0.15, 0.2) is 11.5 Å². The second-order valence-corrected chi connectivity index (χ2v) is 11.5. The predicted molar refractivity (Wildman–Crippen MR) is 130 cm³/mol. The summed E-state index contributed by atoms with van der Waals surface area (Å²) in [5, 5.41) is 3.11. The Morgan fingerprint density at radius 3 is 2.29 bits per heavy atom. The third-order valence-electron chi connectivity index (χ3n) is 6.46. The molecule has 0 radical (unpaired) electrons. The van der Waals surface area contributed by atoms with E-state index in [2.05, 4.69) is 43.4 Å². The first-order valence-electron chi connectivity index (χ1n) is 12.0. The lowest BCUT2D eigenvalue weighted by Crippen LogP contribution is -2.43. The van der Waals surface area contributed by atoms with Crippen LogP contribution >= 0.6 is 0 Å². The first-order valence-corrected chi connectivity index (χ1v) is 13.5. The van der Waals surface area contributed by atoms with Gasteiger partial charge in [-0.25, -0.2) is 8.42 Å². The van der Waals surface area contributed by atoms with Gasteiger partial charge in [0.05, 0.1) is 10.9 Å². The average Bonchev–Trinajstić information content (AvgIpc) is 2.83. The van der Waals surface area contributed by atoms with Crippen LogP contribution in [0.4, 0.5) is 0 Å². The van der Waals surface area contributed by atoms with E-state index in [0.717, 1.165) is 12.0 Å². The number of nitrogens with one attached hydrogen (secondary N) is 1. The molecule has 8 heteroatoms. The van der Waals surface area contributed by atoms with Crippen molar-refractivity contribution in [3.63, 3.8) is 0 Å². The van der Waals surface area contributed by atoms with E-state index in [1.165, 1.54) is 15.9 Å². The number of piperidine rings is 1. The Balaban J connectivity index is 1.32. The minimum absolute atomic E-state index is 0.0184. The summed E-state index contributed by atoms with van der Waals surface area (Å²) in [6, 6.07) is 13.0. The Kier molecular flexibility index (Phi) is 7.48. The lowest BCUT2D eigenvalue weighted by atomic mass is 9.96. The third kappa shape index (κ3) is 5.55. The molecule has 1 atom stereocenters. The number of carbonyl (C=O) groups excluding carboxylic acids is 1. The molecule has 2 aliphatic heterocycles. The molecule has 34 heavy (non-hydrogen) atoms. The van der Waals surface area contributed by atoms with E-state index >= 15 is 0 Å². The summed E-state index contributed by atoms with van der Waals surface area (Å²) in [6.07, 6.45) is 2.03. The number of nitrogens with zero attached hydrogens (tertiary/aromatic N) is 1. The minimum atomic E-state index is -3.66. The standard InChI is InChI=1S/C26H34N2O5S/c1-18(2)16-20-4-6-21(7-5-20)19(3)27-26(29)22-10-12-28(13-11-22)34(30,31)23-8-9-24-25(17-23)33-15-14-32-24/h4-9,17-19,22H,10-16H2,1-3H3,(H,27,29)/t19-/m1/s1. The molecular weight excluding hydrogens is 452 g/mol. The summed E-state index contributed by atoms with van der Waals surface area (Å²) in [7, 11) is -3.66. The van der Waals surface area contributed by atoms with E-state index in [-0.39, 0.29) is 22.8 Å². The molecule has 0 aromatic heterocycles. The van der Waals surface area contributed by atoms with Crippen LogP contribution in [0, 0.1) is 11.8 Å². The maximum atomic E-state index is 13.1. The topological polar surface area (TPSA) is 84.9 Å². The predicted octanol–water partition coefficient (Wildman–Crippen LogP) is 3.93. The Morgan fingerprint density at radius 1 is 1.00 bits per heavy atom. The van der Waals surface area contributed by atoms with Gasteiger partial charge in [-0.05, 0) is 55.4 Å². The SMILES string of the molecule is CC(C)Cc1ccc([C@@H](C)NC(=O)C2CCN(S(=O)(=O)c3ccc4c(c3)OCCO4)CC2)cc1. The van der Waals surface area contributed by atoms with Crippen molar-refractivity contribution in [1.29, 1.82) is 0 Å². The van der Waals surface area contributed by atoms with Crippen molar-refractivity contribution in [2.45, 2.75) is 51.0 Å². The smallest absolute Gasteiger partial charge is 0.243 e. The number of ether oxygens (including phenoxy) is 2. The second kappa shape index (κ2) is 10.4. The summed E-state index contributed by atoms with van der Waals surface area (Å²) >= 11 is 0. The normalized spacial score (nSPS) is 18.0. The summed E-state index contributed by atoms with van der Waals surface area (Å²) in [5.41, 5.74) is 2.36. The van der Waals surface area contributed by atoms with Crippen molar-refractivity contribution in [2.75, 3.05) is 26.3 Å². The molecular formula is C26H34N2O5S. The van der Waals surface area contributed by atoms with Gasteiger partial charge in [0, 0.05) is 25.1 Å². The molecule has 4 rings (SSSR count). The first-order chi connectivity index (χ1) is 16.2. The number of hydrogen-bond acceptors (Lipinski definition) is 5. The number of hydrogen-bond donors (Lipinski definition) is 1. The number of carbonyl (C=O) groups is 1. The van der Waals surface area contributed by atoms with Crippen molar-refractivity contribution in [3.05, 3.63) is 53.6 Å². The Bertz CT molecular complexity index is 1110. The van der Waals surface area contributed by atoms with Gasteiger partial charge in [0.25, 0.3) is 0 Å². The second-order valence-electron chi connectivity index (χ2n) is 9.55. The number of sulfonamides is 1. The first kappa shape index (κ1) is 24.5. The molecule has 1 amide bonds. The molecule has 184 valence electrons. The fourth-order valence-electron chi connectivity index (χ4n) is 4.52. The van der Waals surface area contributed by atoms with Gasteiger partial charge in [-0.2, -0.15) is 4.31 Å². The van der Waals surface area contributed by atoms with Crippen molar-refractivity contribution in [3.8, 4) is 11.5 Å². The molecule has 0 aliphatic carbocycles. The van der Waals surface area contributed by atoms with Crippen molar-refractivity contribution >= 4 is 15.9 Å². The van der Waals surface area contributed by atoms with Crippen LogP contribution in [-0.2, 0) is 21.2 Å². The van der Waals surface area contributed by atoms with Crippen LogP contribution < -0.4 is 14.8 Å². The Hall–Kier alpha value is -2.58. The highest BCUT2D eigenvalue weighted by Gasteiger charge is 2.33. The summed E-state index contributed by atoms with van der Waals surface area (Å²) in [6.45, 7) is 7.86. The quantitative estimate of drug-likeness (QED) is 0.641. The van der Waals surface area contributed by atoms with Crippen LogP contribution in [0.3, 0.4) is 0 Å². The van der Waals surface area contributed by atoms with E-state index in [0.29, 0.717) is 56.6 Å². The van der Waals surface area contributed by atoms with Crippen LogP contribution in [0.2, 0.25) is 0 Å². The summed E-state index contributed by atoms with van der Waals surface area (Å²) in [4.78, 5) is 13.1. The average molecular weight is 487 g/mol. The van der Waals surface area contributed by atoms with E-state index in [9.17, 15) is 13.2 Å². The van der Waals surface area contributed by atoms with Crippen LogP contribution in [0.5, 0.6) is 11.5 Å². The van der Waals surface area contributed by atoms with Crippen LogP contribution in [0.15, 0.2) is 47.4 Å². The van der Waals surface area contributed by atoms with Gasteiger partial charge in [0.2, 0.25) is 15.9 Å². The Labute approximate surface area is 202 Å². The monoisotopic (exact) mass is 486 g/mol. The van der Waals surface area contributed by atoms with E-state index in [1.807, 2.05) is 6.92 Å². The minimum Gasteiger partial charge on any atom is -0.486 e. The molecule has 2 heterocycles. The van der Waals surface area contributed by atoms with Crippen LogP contribution in [0.1, 0.15) is 50.8 Å². The molecule has 7 nitrogen and oxygen atoms in total. The molecule has 1 fully saturated rings. The molecule has 0 saturated carbocycles. The van der Waals surface area contributed by atoms with Crippen molar-refractivity contribution in [2.24, 2.45) is 11.8 Å². The summed E-state index contributed by atoms with van der Waals surface area (Å²) < 4.78 is 38.7. The zero-order valence-corrected chi connectivity index (χ0v) is 20.9. The Morgan fingerprint density at radius 2 is 1.65 bits per heavy atom. The van der Waals surface area contributed by atoms with Gasteiger partial charge >= 0.3 is 0 Å². The van der Waals surface area contributed by atoms with Crippen LogP contribution in [0.25, 0.3) is 0 Å². The van der Waals surface area contributed by atoms with E-state index < -0.39 is 10.0 Å². The molecule has 0 bridgehead atoms. The highest BCUT2D eigenvalue weighted by Crippen LogP contribution is 2.34. The van der Waals surface area contributed by atoms with Gasteiger partial charge < -0.3 is 14.8 Å². The molecule has 2 aromatic carbocycles. The van der Waals surface area contributed by atoms with E-state index in [4.69, 9.17) is 9.47 Å². The highest BCUT2D eigenvalue weighted by atomic mass is 32.2. The number of fused-ring (bicyclic) bond motifs is 1. The molecule has 0 unspecified atom stereocenters. The maximum absolute atomic E-state index is 13.1. The number of rotatable bonds is 7. The zero-order chi connectivity index (χ0) is 24.3. The van der Waals surface area contributed by atoms with E-state index in [1.54, 1.807) is 12.1 Å². The molecule has 1 N–H and O–H groups in total. The largest absolute Gasteiger partial charge is 0.486 e. The zero-order valence-electron chi connectivity index (χ0n) is 20.1. The lowest BCUT2D eigenvalue weighted by Gasteiger charge is -2.31. The van der Waals surface area contributed by atoms with Crippen molar-refractivity contribution < 1.29 is 22.7 Å². The lowest BCUT2D eigenvalue weighted by molar-refractivity contribution is -0.126. The number of benzene rings is 2. The molecule has 2 aromatic rings. The maximum Gasteiger partial charge on any atom is 0.243 e. The number of amides is 1. The fraction of sp³-hybridized carbons (Fsp3) is 0.500. The van der Waals surface area contributed by atoms with Gasteiger partial charge in [-0.1, -0.05) is 38.1 Å². The molecule has 1 saturated heterocycles. The highest BCUT2D eigenvalue weighted by molar-refractivity contribution is 7.89. The van der Waals surface area contributed by atoms with Gasteiger partial charge in [-0.15, -0.1) is 0 Å². The van der Waals surface area contributed by atoms with Crippen molar-refractivity contribution in [1.82, 2.24) is 9.62 Å². The molecule has 0 spiro atoms. The van der Waals surface area contributed by atoms with Crippen LogP contribution in [-0.4, -0.2) is 44.9 Å². The van der Waals surface area contributed by atoms with Gasteiger partial charge in [-0.3, -0.25) is 4.79 Å². The third-order valence-corrected chi connectivity index (χ3v) is 8.35.